The molecule has 0 saturated carbocycles. The van der Waals surface area contributed by atoms with Gasteiger partial charge in [0, 0.05) is 0 Å². The Balaban J connectivity index is -0.000000249. The van der Waals surface area contributed by atoms with E-state index < -0.39 is 0 Å². The maximum atomic E-state index is 10.2. The predicted molar refractivity (Wildman–Crippen MR) is 50.9 cm³/mol. The zero-order valence-electron chi connectivity index (χ0n) is 7.96. The highest BCUT2D eigenvalue weighted by Gasteiger charge is 1.86. The zero-order valence-corrected chi connectivity index (χ0v) is 7.96. The first-order chi connectivity index (χ1) is 5.27. The predicted octanol–water partition coefficient (Wildman–Crippen LogP) is 1.49. The lowest BCUT2D eigenvalue weighted by atomic mass is 10.5. The first-order valence-corrected chi connectivity index (χ1v) is 3.66. The van der Waals surface area contributed by atoms with Gasteiger partial charge in [-0.15, -0.1) is 0 Å². The molecule has 0 aliphatic carbocycles. The molecule has 0 aromatic heterocycles. The number of carbonyl (C=O) groups excluding carboxylic acids is 1. The summed E-state index contributed by atoms with van der Waals surface area (Å²) < 4.78 is 4.73. The monoisotopic (exact) mass is 174 g/mol. The van der Waals surface area contributed by atoms with Crippen molar-refractivity contribution in [1.82, 2.24) is 0 Å². The van der Waals surface area contributed by atoms with Gasteiger partial charge in [-0.25, -0.2) is 0 Å². The van der Waals surface area contributed by atoms with Crippen molar-refractivity contribution < 1.29 is 15.0 Å². The van der Waals surface area contributed by atoms with Gasteiger partial charge < -0.3 is 10.2 Å². The molecule has 0 saturated heterocycles. The number of ketones is 1. The van der Waals surface area contributed by atoms with Crippen LogP contribution in [0.5, 0.6) is 0 Å². The second-order valence-corrected chi connectivity index (χ2v) is 1.58. The molecule has 0 aromatic carbocycles. The van der Waals surface area contributed by atoms with Crippen LogP contribution < -0.4 is 0 Å². The normalized spacial score (nSPS) is 7.58. The Morgan fingerprint density at radius 1 is 1.50 bits per heavy atom. The van der Waals surface area contributed by atoms with Crippen LogP contribution in [0.25, 0.3) is 0 Å². The molecule has 0 radical (unpaired) electrons. The number of carbonyl (C=O) groups is 1. The highest BCUT2D eigenvalue weighted by molar-refractivity contribution is 5.76. The number of allylic oxidation sites excluding steroid dienone is 2. The van der Waals surface area contributed by atoms with Crippen molar-refractivity contribution in [3.63, 3.8) is 0 Å². The summed E-state index contributed by atoms with van der Waals surface area (Å²) in [5.74, 6) is 0.0173. The quantitative estimate of drug-likeness (QED) is 0.479. The molecule has 12 heavy (non-hydrogen) atoms. The third-order valence-electron chi connectivity index (χ3n) is 0.597. The summed E-state index contributed by atoms with van der Waals surface area (Å²) in [7, 11) is 0. The van der Waals surface area contributed by atoms with E-state index in [0.717, 1.165) is 0 Å². The molecule has 0 aliphatic rings. The number of Topliss-reactive ketones (excluding diaryl/α,β-unsaturated/α-hetero) is 1. The summed E-state index contributed by atoms with van der Waals surface area (Å²) in [6.07, 6.45) is 4.65. The van der Waals surface area contributed by atoms with Crippen LogP contribution in [0.3, 0.4) is 0 Å². The van der Waals surface area contributed by atoms with Gasteiger partial charge in [0.15, 0.2) is 5.78 Å². The Labute approximate surface area is 74.0 Å². The molecule has 0 rings (SSSR count). The summed E-state index contributed by atoms with van der Waals surface area (Å²) >= 11 is 0. The van der Waals surface area contributed by atoms with E-state index in [4.69, 9.17) is 4.74 Å². The van der Waals surface area contributed by atoms with Crippen LogP contribution in [0.4, 0.5) is 0 Å². The first kappa shape index (κ1) is 17.1. The highest BCUT2D eigenvalue weighted by Crippen LogP contribution is 1.78. The SMILES string of the molecule is C=C/C=C\OCC(C)=O.CC.O. The van der Waals surface area contributed by atoms with Crippen molar-refractivity contribution >= 4 is 5.78 Å². The number of rotatable bonds is 4. The number of ether oxygens (including phenoxy) is 1. The van der Waals surface area contributed by atoms with Gasteiger partial charge in [-0.05, 0) is 13.0 Å². The Morgan fingerprint density at radius 2 is 2.00 bits per heavy atom. The van der Waals surface area contributed by atoms with Crippen molar-refractivity contribution in [3.8, 4) is 0 Å². The van der Waals surface area contributed by atoms with Gasteiger partial charge in [-0.2, -0.15) is 0 Å². The summed E-state index contributed by atoms with van der Waals surface area (Å²) in [4.78, 5) is 10.2. The molecule has 0 aliphatic heterocycles. The highest BCUT2D eigenvalue weighted by atomic mass is 16.5. The van der Waals surface area contributed by atoms with Crippen LogP contribution in [0, 0.1) is 0 Å². The van der Waals surface area contributed by atoms with Crippen LogP contribution in [-0.2, 0) is 9.53 Å². The lowest BCUT2D eigenvalue weighted by Gasteiger charge is -1.91. The average molecular weight is 174 g/mol. The summed E-state index contributed by atoms with van der Waals surface area (Å²) in [5.41, 5.74) is 0. The minimum atomic E-state index is 0. The van der Waals surface area contributed by atoms with E-state index in [-0.39, 0.29) is 17.9 Å². The van der Waals surface area contributed by atoms with Gasteiger partial charge in [-0.3, -0.25) is 4.79 Å². The fourth-order valence-electron chi connectivity index (χ4n) is 0.277. The molecule has 3 nitrogen and oxygen atoms in total. The number of hydrogen-bond acceptors (Lipinski definition) is 2. The summed E-state index contributed by atoms with van der Waals surface area (Å²) in [5, 5.41) is 0. The van der Waals surface area contributed by atoms with Crippen LogP contribution in [0.2, 0.25) is 0 Å². The maximum Gasteiger partial charge on any atom is 0.167 e. The second-order valence-electron chi connectivity index (χ2n) is 1.58. The molecule has 0 fully saturated rings. The fourth-order valence-corrected chi connectivity index (χ4v) is 0.277. The largest absolute Gasteiger partial charge is 0.493 e. The van der Waals surface area contributed by atoms with E-state index in [9.17, 15) is 4.79 Å². The van der Waals surface area contributed by atoms with Crippen LogP contribution in [0.1, 0.15) is 20.8 Å². The Kier molecular flexibility index (Phi) is 23.5. The lowest BCUT2D eigenvalue weighted by molar-refractivity contribution is -0.119. The molecule has 0 bridgehead atoms. The van der Waals surface area contributed by atoms with Crippen LogP contribution in [0.15, 0.2) is 25.0 Å². The van der Waals surface area contributed by atoms with E-state index >= 15 is 0 Å². The number of hydrogen-bond donors (Lipinski definition) is 0. The molecule has 0 aromatic rings. The fraction of sp³-hybridized carbons (Fsp3) is 0.444. The average Bonchev–Trinajstić information content (AvgIpc) is 2.02. The molecule has 72 valence electrons. The van der Waals surface area contributed by atoms with E-state index in [1.165, 1.54) is 13.2 Å². The maximum absolute atomic E-state index is 10.2. The lowest BCUT2D eigenvalue weighted by Crippen LogP contribution is -1.98. The molecular weight excluding hydrogens is 156 g/mol. The topological polar surface area (TPSA) is 57.8 Å². The van der Waals surface area contributed by atoms with Crippen LogP contribution in [-0.4, -0.2) is 17.9 Å². The molecule has 0 unspecified atom stereocenters. The molecular formula is C9H18O3. The third-order valence-corrected chi connectivity index (χ3v) is 0.597. The first-order valence-electron chi connectivity index (χ1n) is 3.66. The van der Waals surface area contributed by atoms with Gasteiger partial charge in [-0.1, -0.05) is 26.5 Å². The van der Waals surface area contributed by atoms with Gasteiger partial charge in [0.25, 0.3) is 0 Å². The van der Waals surface area contributed by atoms with E-state index in [0.29, 0.717) is 0 Å². The minimum absolute atomic E-state index is 0. The van der Waals surface area contributed by atoms with E-state index in [1.54, 1.807) is 12.2 Å². The minimum Gasteiger partial charge on any atom is -0.493 e. The van der Waals surface area contributed by atoms with Crippen molar-refractivity contribution in [2.45, 2.75) is 20.8 Å². The molecule has 0 heterocycles. The van der Waals surface area contributed by atoms with Crippen molar-refractivity contribution in [3.05, 3.63) is 25.0 Å². The van der Waals surface area contributed by atoms with Crippen molar-refractivity contribution in [2.75, 3.05) is 6.61 Å². The summed E-state index contributed by atoms with van der Waals surface area (Å²) in [6, 6.07) is 0. The van der Waals surface area contributed by atoms with Gasteiger partial charge in [0.05, 0.1) is 6.26 Å². The van der Waals surface area contributed by atoms with Gasteiger partial charge >= 0.3 is 0 Å². The van der Waals surface area contributed by atoms with E-state index in [1.807, 2.05) is 13.8 Å². The molecule has 3 heteroatoms. The van der Waals surface area contributed by atoms with Gasteiger partial charge in [0.1, 0.15) is 6.61 Å². The Hall–Kier alpha value is -1.09. The molecule has 0 amide bonds. The molecule has 0 atom stereocenters. The smallest absolute Gasteiger partial charge is 0.167 e. The zero-order chi connectivity index (χ0) is 9.11. The summed E-state index contributed by atoms with van der Waals surface area (Å²) in [6.45, 7) is 9.04. The van der Waals surface area contributed by atoms with Gasteiger partial charge in [0.2, 0.25) is 0 Å². The molecule has 2 N–H and O–H groups in total. The second kappa shape index (κ2) is 16.5. The molecule has 0 spiro atoms. The Bertz CT molecular complexity index is 128. The van der Waals surface area contributed by atoms with Crippen LogP contribution >= 0.6 is 0 Å². The standard InChI is InChI=1S/C7H10O2.C2H6.H2O/c1-3-4-5-9-6-7(2)8;1-2;/h3-5H,1,6H2,2H3;1-2H3;1H2/b5-4-;;. The van der Waals surface area contributed by atoms with Crippen molar-refractivity contribution in [2.24, 2.45) is 0 Å². The van der Waals surface area contributed by atoms with E-state index in [2.05, 4.69) is 6.58 Å². The third kappa shape index (κ3) is 23.1. The van der Waals surface area contributed by atoms with Crippen molar-refractivity contribution in [1.29, 1.82) is 0 Å². The Morgan fingerprint density at radius 3 is 2.33 bits per heavy atom.